The molecule has 0 radical (unpaired) electrons. The van der Waals surface area contributed by atoms with Crippen LogP contribution in [0.1, 0.15) is 134 Å². The van der Waals surface area contributed by atoms with Crippen molar-refractivity contribution in [2.24, 2.45) is 29.6 Å². The highest BCUT2D eigenvalue weighted by atomic mass is 19.2. The van der Waals surface area contributed by atoms with Crippen molar-refractivity contribution < 1.29 is 13.5 Å². The van der Waals surface area contributed by atoms with Crippen molar-refractivity contribution >= 4 is 0 Å². The average molecular weight is 489 g/mol. The normalized spacial score (nSPS) is 31.2. The average Bonchev–Trinajstić information content (AvgIpc) is 2.89. The summed E-state index contributed by atoms with van der Waals surface area (Å²) in [5, 5.41) is 0. The van der Waals surface area contributed by atoms with Crippen molar-refractivity contribution in [3.63, 3.8) is 0 Å². The van der Waals surface area contributed by atoms with Crippen molar-refractivity contribution in [3.05, 3.63) is 29.3 Å². The molecule has 3 aliphatic rings. The molecule has 198 valence electrons. The first-order chi connectivity index (χ1) is 17.1. The summed E-state index contributed by atoms with van der Waals surface area (Å²) in [6.45, 7) is 4.82. The summed E-state index contributed by atoms with van der Waals surface area (Å²) in [7, 11) is 0. The van der Waals surface area contributed by atoms with Gasteiger partial charge in [0.2, 0.25) is 5.82 Å². The van der Waals surface area contributed by atoms with Crippen LogP contribution in [-0.4, -0.2) is 6.61 Å². The van der Waals surface area contributed by atoms with Gasteiger partial charge in [0.15, 0.2) is 11.6 Å². The molecule has 4 atom stereocenters. The molecule has 4 rings (SSSR count). The van der Waals surface area contributed by atoms with Crippen molar-refractivity contribution in [2.75, 3.05) is 6.61 Å². The van der Waals surface area contributed by atoms with E-state index in [-0.39, 0.29) is 11.7 Å². The molecule has 1 aromatic carbocycles. The molecule has 35 heavy (non-hydrogen) atoms. The smallest absolute Gasteiger partial charge is 0.200 e. The molecule has 1 nitrogen and oxygen atoms in total. The Bertz CT molecular complexity index is 769. The number of fused-ring (bicyclic) bond motifs is 1. The SMILES string of the molecule is CCCCOc1ccc(C2CCC3CC(CCC4CCC(CCCC)CC4)CCC3C2)c(F)c1F. The van der Waals surface area contributed by atoms with E-state index in [2.05, 4.69) is 13.8 Å². The van der Waals surface area contributed by atoms with Crippen LogP contribution in [0.3, 0.4) is 0 Å². The number of hydrogen-bond acceptors (Lipinski definition) is 1. The van der Waals surface area contributed by atoms with Gasteiger partial charge in [0.25, 0.3) is 0 Å². The molecule has 0 saturated heterocycles. The van der Waals surface area contributed by atoms with Crippen molar-refractivity contribution in [2.45, 2.75) is 129 Å². The highest BCUT2D eigenvalue weighted by Gasteiger charge is 2.37. The summed E-state index contributed by atoms with van der Waals surface area (Å²) >= 11 is 0. The lowest BCUT2D eigenvalue weighted by atomic mass is 9.63. The van der Waals surface area contributed by atoms with Gasteiger partial charge in [0.1, 0.15) is 0 Å². The third kappa shape index (κ3) is 7.22. The van der Waals surface area contributed by atoms with Crippen LogP contribution in [0.15, 0.2) is 12.1 Å². The minimum Gasteiger partial charge on any atom is -0.490 e. The second kappa shape index (κ2) is 13.4. The van der Waals surface area contributed by atoms with E-state index in [1.54, 1.807) is 12.1 Å². The van der Waals surface area contributed by atoms with Gasteiger partial charge < -0.3 is 4.74 Å². The molecule has 3 fully saturated rings. The van der Waals surface area contributed by atoms with Crippen LogP contribution < -0.4 is 4.74 Å². The topological polar surface area (TPSA) is 9.23 Å². The number of halogens is 2. The van der Waals surface area contributed by atoms with E-state index in [0.29, 0.717) is 18.1 Å². The monoisotopic (exact) mass is 488 g/mol. The third-order valence-electron chi connectivity index (χ3n) is 9.91. The van der Waals surface area contributed by atoms with E-state index in [1.165, 1.54) is 83.5 Å². The Labute approximate surface area is 213 Å². The van der Waals surface area contributed by atoms with Crippen LogP contribution in [0.2, 0.25) is 0 Å². The quantitative estimate of drug-likeness (QED) is 0.281. The predicted octanol–water partition coefficient (Wildman–Crippen LogP) is 10.2. The van der Waals surface area contributed by atoms with E-state index in [0.717, 1.165) is 49.4 Å². The summed E-state index contributed by atoms with van der Waals surface area (Å²) in [5.41, 5.74) is 0.584. The fourth-order valence-electron chi connectivity index (χ4n) is 7.60. The predicted molar refractivity (Wildman–Crippen MR) is 142 cm³/mol. The van der Waals surface area contributed by atoms with Gasteiger partial charge in [-0.3, -0.25) is 0 Å². The number of unbranched alkanes of at least 4 members (excludes halogenated alkanes) is 2. The zero-order valence-corrected chi connectivity index (χ0v) is 22.5. The molecule has 0 heterocycles. The molecular formula is C32H50F2O. The summed E-state index contributed by atoms with van der Waals surface area (Å²) < 4.78 is 35.1. The Morgan fingerprint density at radius 2 is 1.31 bits per heavy atom. The first kappa shape index (κ1) is 26.9. The maximum Gasteiger partial charge on any atom is 0.200 e. The second-order valence-corrected chi connectivity index (χ2v) is 12.3. The highest BCUT2D eigenvalue weighted by Crippen LogP contribution is 2.49. The Morgan fingerprint density at radius 3 is 2.06 bits per heavy atom. The molecule has 0 amide bonds. The lowest BCUT2D eigenvalue weighted by molar-refractivity contribution is 0.107. The molecule has 1 aromatic rings. The Morgan fingerprint density at radius 1 is 0.686 bits per heavy atom. The van der Waals surface area contributed by atoms with Crippen LogP contribution >= 0.6 is 0 Å². The second-order valence-electron chi connectivity index (χ2n) is 12.3. The molecule has 3 saturated carbocycles. The molecule has 0 bridgehead atoms. The van der Waals surface area contributed by atoms with Gasteiger partial charge in [0.05, 0.1) is 6.61 Å². The minimum absolute atomic E-state index is 0.0725. The van der Waals surface area contributed by atoms with E-state index >= 15 is 0 Å². The number of rotatable bonds is 11. The Balaban J connectivity index is 1.22. The van der Waals surface area contributed by atoms with Gasteiger partial charge >= 0.3 is 0 Å². The number of benzene rings is 1. The zero-order valence-electron chi connectivity index (χ0n) is 22.5. The molecule has 3 heteroatoms. The standard InChI is InChI=1S/C32H50F2O/c1-3-5-7-23-8-10-24(11-9-23)12-13-25-14-15-27-22-28(17-16-26(27)21-25)29-18-19-30(32(34)31(29)33)35-20-6-4-2/h18-19,23-28H,3-17,20-22H2,1-2H3. The van der Waals surface area contributed by atoms with E-state index < -0.39 is 11.6 Å². The van der Waals surface area contributed by atoms with Gasteiger partial charge in [-0.2, -0.15) is 4.39 Å². The summed E-state index contributed by atoms with van der Waals surface area (Å²) in [5.74, 6) is 3.18. The van der Waals surface area contributed by atoms with Gasteiger partial charge in [-0.15, -0.1) is 0 Å². The van der Waals surface area contributed by atoms with Crippen molar-refractivity contribution in [1.82, 2.24) is 0 Å². The molecule has 0 N–H and O–H groups in total. The third-order valence-corrected chi connectivity index (χ3v) is 9.91. The van der Waals surface area contributed by atoms with Crippen molar-refractivity contribution in [1.29, 1.82) is 0 Å². The fraction of sp³-hybridized carbons (Fsp3) is 0.812. The molecule has 4 unspecified atom stereocenters. The maximum absolute atomic E-state index is 14.9. The zero-order chi connectivity index (χ0) is 24.6. The van der Waals surface area contributed by atoms with Gasteiger partial charge in [-0.25, -0.2) is 4.39 Å². The molecule has 0 aromatic heterocycles. The lowest BCUT2D eigenvalue weighted by Gasteiger charge is -2.43. The molecule has 3 aliphatic carbocycles. The molecule has 0 aliphatic heterocycles. The van der Waals surface area contributed by atoms with Gasteiger partial charge in [-0.1, -0.05) is 90.5 Å². The fourth-order valence-corrected chi connectivity index (χ4v) is 7.60. The number of ether oxygens (including phenoxy) is 1. The van der Waals surface area contributed by atoms with Crippen LogP contribution in [0.25, 0.3) is 0 Å². The Hall–Kier alpha value is -1.12. The number of hydrogen-bond donors (Lipinski definition) is 0. The van der Waals surface area contributed by atoms with Crippen molar-refractivity contribution in [3.8, 4) is 5.75 Å². The van der Waals surface area contributed by atoms with E-state index in [1.807, 2.05) is 0 Å². The van der Waals surface area contributed by atoms with Crippen LogP contribution in [-0.2, 0) is 0 Å². The van der Waals surface area contributed by atoms with Gasteiger partial charge in [-0.05, 0) is 85.7 Å². The molecule has 0 spiro atoms. The first-order valence-electron chi connectivity index (χ1n) is 15.2. The lowest BCUT2D eigenvalue weighted by Crippen LogP contribution is -2.31. The van der Waals surface area contributed by atoms with Crippen LogP contribution in [0.5, 0.6) is 5.75 Å². The highest BCUT2D eigenvalue weighted by molar-refractivity contribution is 5.33. The summed E-state index contributed by atoms with van der Waals surface area (Å²) in [4.78, 5) is 0. The molecular weight excluding hydrogens is 438 g/mol. The van der Waals surface area contributed by atoms with E-state index in [4.69, 9.17) is 4.74 Å². The first-order valence-corrected chi connectivity index (χ1v) is 15.2. The summed E-state index contributed by atoms with van der Waals surface area (Å²) in [6, 6.07) is 3.46. The van der Waals surface area contributed by atoms with Gasteiger partial charge in [0, 0.05) is 0 Å². The maximum atomic E-state index is 14.9. The largest absolute Gasteiger partial charge is 0.490 e. The van der Waals surface area contributed by atoms with E-state index in [9.17, 15) is 8.78 Å². The van der Waals surface area contributed by atoms with Crippen LogP contribution in [0.4, 0.5) is 8.78 Å². The Kier molecular flexibility index (Phi) is 10.3. The van der Waals surface area contributed by atoms with Crippen LogP contribution in [0, 0.1) is 41.2 Å². The minimum atomic E-state index is -0.788. The summed E-state index contributed by atoms with van der Waals surface area (Å²) in [6.07, 6.45) is 22.1.